The van der Waals surface area contributed by atoms with Crippen molar-refractivity contribution in [1.82, 2.24) is 14.5 Å². The zero-order valence-corrected chi connectivity index (χ0v) is 16.4. The van der Waals surface area contributed by atoms with Gasteiger partial charge in [-0.1, -0.05) is 36.5 Å². The van der Waals surface area contributed by atoms with E-state index in [4.69, 9.17) is 4.42 Å². The first kappa shape index (κ1) is 19.2. The summed E-state index contributed by atoms with van der Waals surface area (Å²) in [4.78, 5) is 12.4. The van der Waals surface area contributed by atoms with E-state index in [9.17, 15) is 13.2 Å². The highest BCUT2D eigenvalue weighted by molar-refractivity contribution is 7.91. The minimum Gasteiger partial charge on any atom is -0.468 e. The smallest absolute Gasteiger partial charge is 0.272 e. The topological polar surface area (TPSA) is 105 Å². The number of benzene rings is 1. The van der Waals surface area contributed by atoms with Crippen LogP contribution in [0, 0.1) is 6.92 Å². The number of amides is 1. The van der Waals surface area contributed by atoms with Crippen molar-refractivity contribution in [2.45, 2.75) is 24.7 Å². The molecule has 1 amide bonds. The van der Waals surface area contributed by atoms with Crippen LogP contribution >= 0.6 is 11.3 Å². The van der Waals surface area contributed by atoms with Crippen LogP contribution in [-0.2, 0) is 16.6 Å². The third-order valence-electron chi connectivity index (χ3n) is 3.84. The second kappa shape index (κ2) is 7.99. The Hall–Kier alpha value is -2.56. The number of furan rings is 1. The molecule has 0 aliphatic carbocycles. The molecule has 0 atom stereocenters. The molecular formula is C17H18N4O4S2. The van der Waals surface area contributed by atoms with Gasteiger partial charge in [0.15, 0.2) is 0 Å². The molecule has 0 bridgehead atoms. The van der Waals surface area contributed by atoms with Crippen LogP contribution < -0.4 is 5.32 Å². The molecule has 3 rings (SSSR count). The molecule has 1 N–H and O–H groups in total. The highest BCUT2D eigenvalue weighted by Gasteiger charge is 2.28. The summed E-state index contributed by atoms with van der Waals surface area (Å²) in [6.45, 7) is 3.88. The van der Waals surface area contributed by atoms with Crippen LogP contribution in [0.2, 0.25) is 0 Å². The van der Waals surface area contributed by atoms with Gasteiger partial charge in [-0.15, -0.1) is 10.2 Å². The number of nitrogens with zero attached hydrogens (tertiary/aromatic N) is 3. The van der Waals surface area contributed by atoms with Crippen LogP contribution in [0.25, 0.3) is 0 Å². The minimum absolute atomic E-state index is 0.0936. The monoisotopic (exact) mass is 406 g/mol. The molecular weight excluding hydrogens is 388 g/mol. The van der Waals surface area contributed by atoms with Crippen molar-refractivity contribution in [3.8, 4) is 0 Å². The maximum atomic E-state index is 12.8. The van der Waals surface area contributed by atoms with Gasteiger partial charge in [-0.3, -0.25) is 10.1 Å². The van der Waals surface area contributed by atoms with Gasteiger partial charge in [0.05, 0.1) is 12.8 Å². The molecule has 2 aromatic heterocycles. The molecule has 1 aromatic carbocycles. The maximum absolute atomic E-state index is 12.8. The molecule has 3 aromatic rings. The number of sulfonamides is 1. The van der Waals surface area contributed by atoms with Crippen LogP contribution in [0.15, 0.2) is 51.4 Å². The Balaban J connectivity index is 1.77. The van der Waals surface area contributed by atoms with Crippen molar-refractivity contribution in [1.29, 1.82) is 0 Å². The average Bonchev–Trinajstić information content (AvgIpc) is 3.32. The van der Waals surface area contributed by atoms with Gasteiger partial charge in [-0.25, -0.2) is 8.42 Å². The normalized spacial score (nSPS) is 11.7. The summed E-state index contributed by atoms with van der Waals surface area (Å²) in [5, 5.41) is 10.3. The molecule has 0 spiro atoms. The lowest BCUT2D eigenvalue weighted by Crippen LogP contribution is -2.30. The fraction of sp³-hybridized carbons (Fsp3) is 0.235. The van der Waals surface area contributed by atoms with E-state index in [0.717, 1.165) is 16.9 Å². The number of hydrogen-bond donors (Lipinski definition) is 1. The van der Waals surface area contributed by atoms with Gasteiger partial charge in [-0.2, -0.15) is 4.31 Å². The first-order valence-corrected chi connectivity index (χ1v) is 10.4. The largest absolute Gasteiger partial charge is 0.468 e. The van der Waals surface area contributed by atoms with Crippen molar-refractivity contribution in [2.75, 3.05) is 11.9 Å². The van der Waals surface area contributed by atoms with E-state index in [0.29, 0.717) is 11.3 Å². The fourth-order valence-corrected chi connectivity index (χ4v) is 4.86. The second-order valence-corrected chi connectivity index (χ2v) is 8.74. The Labute approximate surface area is 160 Å². The van der Waals surface area contributed by atoms with Crippen molar-refractivity contribution in [3.05, 3.63) is 59.5 Å². The highest BCUT2D eigenvalue weighted by Crippen LogP contribution is 2.25. The van der Waals surface area contributed by atoms with Crippen LogP contribution in [0.5, 0.6) is 0 Å². The van der Waals surface area contributed by atoms with Crippen LogP contribution in [0.1, 0.15) is 28.6 Å². The summed E-state index contributed by atoms with van der Waals surface area (Å²) in [5.74, 6) is 0.161. The van der Waals surface area contributed by atoms with E-state index in [2.05, 4.69) is 15.5 Å². The predicted octanol–water partition coefficient (Wildman–Crippen LogP) is 2.90. The Morgan fingerprint density at radius 3 is 2.67 bits per heavy atom. The summed E-state index contributed by atoms with van der Waals surface area (Å²) in [5.41, 5.74) is 1.30. The van der Waals surface area contributed by atoms with Crippen molar-refractivity contribution in [2.24, 2.45) is 0 Å². The van der Waals surface area contributed by atoms with E-state index in [1.165, 1.54) is 10.6 Å². The lowest BCUT2D eigenvalue weighted by molar-refractivity contribution is 0.102. The van der Waals surface area contributed by atoms with Crippen LogP contribution in [-0.4, -0.2) is 35.4 Å². The molecule has 2 heterocycles. The zero-order chi connectivity index (χ0) is 19.4. The molecule has 142 valence electrons. The number of anilines is 1. The summed E-state index contributed by atoms with van der Waals surface area (Å²) in [6, 6.07) is 10.5. The number of rotatable bonds is 7. The molecule has 0 fully saturated rings. The predicted molar refractivity (Wildman–Crippen MR) is 101 cm³/mol. The Morgan fingerprint density at radius 1 is 1.22 bits per heavy atom. The second-order valence-electron chi connectivity index (χ2n) is 5.65. The van der Waals surface area contributed by atoms with E-state index < -0.39 is 10.0 Å². The molecule has 8 nitrogen and oxygen atoms in total. The van der Waals surface area contributed by atoms with Gasteiger partial charge in [0.2, 0.25) is 9.47 Å². The number of aryl methyl sites for hydroxylation is 1. The Kier molecular flexibility index (Phi) is 5.68. The SMILES string of the molecule is CCN(Cc1ccco1)S(=O)(=O)c1nnc(NC(=O)c2ccccc2C)s1. The number of nitrogens with one attached hydrogen (secondary N) is 1. The van der Waals surface area contributed by atoms with Crippen molar-refractivity contribution >= 4 is 32.4 Å². The zero-order valence-electron chi connectivity index (χ0n) is 14.7. The third kappa shape index (κ3) is 4.24. The molecule has 0 aliphatic heterocycles. The Bertz CT molecular complexity index is 1030. The van der Waals surface area contributed by atoms with E-state index in [1.54, 1.807) is 31.2 Å². The lowest BCUT2D eigenvalue weighted by atomic mass is 10.1. The quantitative estimate of drug-likeness (QED) is 0.605. The third-order valence-corrected chi connectivity index (χ3v) is 6.95. The summed E-state index contributed by atoms with van der Waals surface area (Å²) in [7, 11) is -3.85. The number of carbonyl (C=O) groups excluding carboxylic acids is 1. The molecule has 0 radical (unpaired) electrons. The lowest BCUT2D eigenvalue weighted by Gasteiger charge is -2.16. The van der Waals surface area contributed by atoms with E-state index >= 15 is 0 Å². The van der Waals surface area contributed by atoms with Gasteiger partial charge >= 0.3 is 0 Å². The first-order valence-electron chi connectivity index (χ1n) is 8.15. The maximum Gasteiger partial charge on any atom is 0.272 e. The van der Waals surface area contributed by atoms with Gasteiger partial charge in [0.1, 0.15) is 5.76 Å². The van der Waals surface area contributed by atoms with Crippen molar-refractivity contribution < 1.29 is 17.6 Å². The summed E-state index contributed by atoms with van der Waals surface area (Å²) in [6.07, 6.45) is 1.49. The molecule has 0 unspecified atom stereocenters. The highest BCUT2D eigenvalue weighted by atomic mass is 32.2. The number of hydrogen-bond acceptors (Lipinski definition) is 7. The standard InChI is InChI=1S/C17H18N4O4S2/c1-3-21(11-13-8-6-10-25-13)27(23,24)17-20-19-16(26-17)18-15(22)14-9-5-4-7-12(14)2/h4-10H,3,11H2,1-2H3,(H,18,19,22). The fourth-order valence-electron chi connectivity index (χ4n) is 2.41. The van der Waals surface area contributed by atoms with E-state index in [1.807, 2.05) is 19.1 Å². The molecule has 0 saturated carbocycles. The average molecular weight is 406 g/mol. The number of aromatic nitrogens is 2. The van der Waals surface area contributed by atoms with Crippen LogP contribution in [0.4, 0.5) is 5.13 Å². The Morgan fingerprint density at radius 2 is 2.00 bits per heavy atom. The molecule has 0 saturated heterocycles. The minimum atomic E-state index is -3.85. The van der Waals surface area contributed by atoms with Crippen molar-refractivity contribution in [3.63, 3.8) is 0 Å². The summed E-state index contributed by atoms with van der Waals surface area (Å²) < 4.78 is 31.9. The van der Waals surface area contributed by atoms with E-state index in [-0.39, 0.29) is 28.5 Å². The van der Waals surface area contributed by atoms with Gasteiger partial charge < -0.3 is 4.42 Å². The molecule has 10 heteroatoms. The van der Waals surface area contributed by atoms with Crippen LogP contribution in [0.3, 0.4) is 0 Å². The first-order chi connectivity index (χ1) is 12.9. The molecule has 0 aliphatic rings. The summed E-state index contributed by atoms with van der Waals surface area (Å²) >= 11 is 0.811. The van der Waals surface area contributed by atoms with Gasteiger partial charge in [-0.05, 0) is 30.7 Å². The molecule has 27 heavy (non-hydrogen) atoms. The number of carbonyl (C=O) groups is 1. The van der Waals surface area contributed by atoms with Gasteiger partial charge in [0, 0.05) is 12.1 Å². The van der Waals surface area contributed by atoms with Gasteiger partial charge in [0.25, 0.3) is 15.9 Å².